The quantitative estimate of drug-likeness (QED) is 0.453. The highest BCUT2D eigenvalue weighted by Gasteiger charge is 2.41. The number of nitrogens with zero attached hydrogens (tertiary/aromatic N) is 5. The summed E-state index contributed by atoms with van der Waals surface area (Å²) < 4.78 is 5.96. The maximum Gasteiger partial charge on any atom is 0.251 e. The zero-order valence-corrected chi connectivity index (χ0v) is 26.1. The fourth-order valence-corrected chi connectivity index (χ4v) is 6.52. The van der Waals surface area contributed by atoms with Crippen LogP contribution in [0.1, 0.15) is 83.5 Å². The molecule has 0 radical (unpaired) electrons. The first-order valence-corrected chi connectivity index (χ1v) is 15.6. The third-order valence-electron chi connectivity index (χ3n) is 8.98. The molecule has 0 bridgehead atoms. The molecule has 2 aromatic rings. The van der Waals surface area contributed by atoms with Crippen molar-refractivity contribution in [3.63, 3.8) is 0 Å². The molecule has 1 aromatic carbocycles. The van der Waals surface area contributed by atoms with Crippen LogP contribution < -0.4 is 25.2 Å². The monoisotopic (exact) mass is 577 g/mol. The first-order chi connectivity index (χ1) is 20.1. The lowest BCUT2D eigenvalue weighted by Crippen LogP contribution is -2.46. The fraction of sp³-hybridized carbons (Fsp3) is 0.625. The molecular formula is C32H47N7O3. The summed E-state index contributed by atoms with van der Waals surface area (Å²) in [4.78, 5) is 42.5. The molecule has 10 heteroatoms. The van der Waals surface area contributed by atoms with Gasteiger partial charge in [-0.05, 0) is 78.5 Å². The third-order valence-corrected chi connectivity index (χ3v) is 8.98. The Morgan fingerprint density at radius 1 is 1.14 bits per heavy atom. The topological polar surface area (TPSA) is 103 Å². The number of hydrogen-bond donors (Lipinski definition) is 2. The van der Waals surface area contributed by atoms with Crippen LogP contribution in [0.4, 0.5) is 23.1 Å². The number of aromatic nitrogens is 2. The smallest absolute Gasteiger partial charge is 0.251 e. The van der Waals surface area contributed by atoms with Gasteiger partial charge in [0.15, 0.2) is 5.82 Å². The summed E-state index contributed by atoms with van der Waals surface area (Å²) in [5.41, 5.74) is 1.42. The minimum absolute atomic E-state index is 0.0616. The molecule has 1 saturated carbocycles. The number of amides is 2. The van der Waals surface area contributed by atoms with Crippen molar-refractivity contribution in [2.75, 3.05) is 48.4 Å². The number of benzene rings is 1. The van der Waals surface area contributed by atoms with Gasteiger partial charge in [0.05, 0.1) is 23.9 Å². The molecule has 42 heavy (non-hydrogen) atoms. The van der Waals surface area contributed by atoms with E-state index in [-0.39, 0.29) is 17.9 Å². The number of nitrogens with one attached hydrogen (secondary N) is 2. The molecule has 0 unspecified atom stereocenters. The van der Waals surface area contributed by atoms with Crippen LogP contribution in [-0.2, 0) is 4.79 Å². The Hall–Kier alpha value is -3.40. The number of fused-ring (bicyclic) bond motifs is 1. The van der Waals surface area contributed by atoms with E-state index < -0.39 is 5.41 Å². The summed E-state index contributed by atoms with van der Waals surface area (Å²) in [5.74, 6) is 1.74. The number of rotatable bonds is 8. The van der Waals surface area contributed by atoms with Crippen LogP contribution >= 0.6 is 0 Å². The Balaban J connectivity index is 1.37. The largest absolute Gasteiger partial charge is 0.492 e. The minimum Gasteiger partial charge on any atom is -0.492 e. The van der Waals surface area contributed by atoms with Crippen LogP contribution in [0.5, 0.6) is 5.75 Å². The highest BCUT2D eigenvalue weighted by atomic mass is 16.5. The number of carbonyl (C=O) groups excluding carboxylic acids is 2. The van der Waals surface area contributed by atoms with Crippen molar-refractivity contribution in [2.24, 2.45) is 5.41 Å². The molecule has 0 spiro atoms. The maximum atomic E-state index is 13.3. The molecule has 2 amide bonds. The second-order valence-electron chi connectivity index (χ2n) is 12.9. The van der Waals surface area contributed by atoms with Gasteiger partial charge >= 0.3 is 0 Å². The highest BCUT2D eigenvalue weighted by molar-refractivity contribution is 6.01. The number of carbonyl (C=O) groups is 2. The third kappa shape index (κ3) is 6.33. The summed E-state index contributed by atoms with van der Waals surface area (Å²) in [5, 5.41) is 6.55. The van der Waals surface area contributed by atoms with Crippen LogP contribution in [0.3, 0.4) is 0 Å². The van der Waals surface area contributed by atoms with E-state index in [1.807, 2.05) is 40.0 Å². The van der Waals surface area contributed by atoms with Gasteiger partial charge in [-0.2, -0.15) is 4.98 Å². The van der Waals surface area contributed by atoms with E-state index in [1.165, 1.54) is 12.8 Å². The summed E-state index contributed by atoms with van der Waals surface area (Å²) in [7, 11) is 1.81. The van der Waals surface area contributed by atoms with Gasteiger partial charge < -0.3 is 30.1 Å². The first kappa shape index (κ1) is 30.1. The summed E-state index contributed by atoms with van der Waals surface area (Å²) in [6.45, 7) is 13.4. The Labute approximate surface area is 250 Å². The molecule has 1 aromatic heterocycles. The van der Waals surface area contributed by atoms with Crippen LogP contribution in [0.25, 0.3) is 0 Å². The van der Waals surface area contributed by atoms with Gasteiger partial charge in [-0.1, -0.05) is 12.8 Å². The fourth-order valence-electron chi connectivity index (χ4n) is 6.52. The molecule has 2 aliphatic heterocycles. The molecule has 3 aliphatic rings. The molecule has 2 N–H and O–H groups in total. The average Bonchev–Trinajstić information content (AvgIpc) is 3.49. The second-order valence-corrected chi connectivity index (χ2v) is 12.9. The zero-order chi connectivity index (χ0) is 30.0. The van der Waals surface area contributed by atoms with E-state index >= 15 is 0 Å². The van der Waals surface area contributed by atoms with Crippen molar-refractivity contribution in [3.05, 3.63) is 30.0 Å². The Morgan fingerprint density at radius 3 is 2.52 bits per heavy atom. The van der Waals surface area contributed by atoms with Gasteiger partial charge in [0.1, 0.15) is 11.4 Å². The first-order valence-electron chi connectivity index (χ1n) is 15.6. The molecule has 10 nitrogen and oxygen atoms in total. The summed E-state index contributed by atoms with van der Waals surface area (Å²) >= 11 is 0. The van der Waals surface area contributed by atoms with Crippen LogP contribution in [-0.4, -0.2) is 78.1 Å². The summed E-state index contributed by atoms with van der Waals surface area (Å²) in [6, 6.07) is 6.50. The molecule has 1 aliphatic carbocycles. The molecule has 228 valence electrons. The van der Waals surface area contributed by atoms with Gasteiger partial charge in [0.2, 0.25) is 11.9 Å². The Kier molecular flexibility index (Phi) is 8.92. The van der Waals surface area contributed by atoms with Gasteiger partial charge in [0.25, 0.3) is 5.91 Å². The number of ether oxygens (including phenoxy) is 1. The number of hydrogen-bond acceptors (Lipinski definition) is 8. The van der Waals surface area contributed by atoms with E-state index in [9.17, 15) is 9.59 Å². The van der Waals surface area contributed by atoms with Crippen molar-refractivity contribution < 1.29 is 14.3 Å². The molecule has 1 saturated heterocycles. The number of anilines is 4. The van der Waals surface area contributed by atoms with Crippen molar-refractivity contribution in [1.82, 2.24) is 20.2 Å². The van der Waals surface area contributed by atoms with E-state index in [2.05, 4.69) is 39.3 Å². The lowest BCUT2D eigenvalue weighted by Gasteiger charge is -2.34. The molecular weight excluding hydrogens is 530 g/mol. The van der Waals surface area contributed by atoms with Crippen LogP contribution in [0.2, 0.25) is 0 Å². The van der Waals surface area contributed by atoms with Gasteiger partial charge in [-0.25, -0.2) is 4.98 Å². The molecule has 2 fully saturated rings. The predicted molar refractivity (Wildman–Crippen MR) is 167 cm³/mol. The van der Waals surface area contributed by atoms with Crippen molar-refractivity contribution in [1.29, 1.82) is 0 Å². The van der Waals surface area contributed by atoms with Gasteiger partial charge in [-0.3, -0.25) is 9.59 Å². The Bertz CT molecular complexity index is 1280. The maximum absolute atomic E-state index is 13.3. The SMILES string of the molecule is CCOc1cc(C(=O)NC2CCN(C(C)C)CC2)ccc1Nc1ncc2c(n1)N(C1CCCC1)CC(C)(C)C(=O)N2C. The van der Waals surface area contributed by atoms with Gasteiger partial charge in [-0.15, -0.1) is 0 Å². The minimum atomic E-state index is -0.546. The summed E-state index contributed by atoms with van der Waals surface area (Å²) in [6.07, 6.45) is 8.20. The predicted octanol–water partition coefficient (Wildman–Crippen LogP) is 4.97. The van der Waals surface area contributed by atoms with Gasteiger partial charge in [0, 0.05) is 50.4 Å². The molecule has 5 rings (SSSR count). The number of likely N-dealkylation sites (tertiary alicyclic amines) is 1. The van der Waals surface area contributed by atoms with E-state index in [1.54, 1.807) is 17.2 Å². The normalized spacial score (nSPS) is 20.0. The van der Waals surface area contributed by atoms with Crippen molar-refractivity contribution >= 4 is 35.0 Å². The van der Waals surface area contributed by atoms with E-state index in [4.69, 9.17) is 9.72 Å². The second kappa shape index (κ2) is 12.5. The molecule has 0 atom stereocenters. The Morgan fingerprint density at radius 2 is 1.86 bits per heavy atom. The van der Waals surface area contributed by atoms with Crippen LogP contribution in [0, 0.1) is 5.41 Å². The van der Waals surface area contributed by atoms with E-state index in [0.717, 1.165) is 50.3 Å². The molecule has 3 heterocycles. The lowest BCUT2D eigenvalue weighted by atomic mass is 9.91. The number of piperidine rings is 1. The standard InChI is InChI=1S/C32H47N7O3/c1-7-42-27-18-22(29(40)34-23-14-16-38(17-15-23)21(2)3)12-13-25(27)35-31-33-19-26-28(36-31)39(24-10-8-9-11-24)20-32(4,5)30(41)37(26)6/h12-13,18-19,21,23-24H,7-11,14-17,20H2,1-6H3,(H,34,40)(H,33,35,36). The van der Waals surface area contributed by atoms with Crippen LogP contribution in [0.15, 0.2) is 24.4 Å². The zero-order valence-electron chi connectivity index (χ0n) is 26.1. The van der Waals surface area contributed by atoms with Crippen molar-refractivity contribution in [3.8, 4) is 5.75 Å². The lowest BCUT2D eigenvalue weighted by molar-refractivity contribution is -0.125. The van der Waals surface area contributed by atoms with Crippen molar-refractivity contribution in [2.45, 2.75) is 91.3 Å². The highest BCUT2D eigenvalue weighted by Crippen LogP contribution is 2.40. The van der Waals surface area contributed by atoms with E-state index in [0.29, 0.717) is 48.2 Å². The average molecular weight is 578 g/mol.